The molecule has 1 saturated heterocycles. The Balaban J connectivity index is 2.40. The molecule has 0 unspecified atom stereocenters. The van der Waals surface area contributed by atoms with E-state index in [1.54, 1.807) is 0 Å². The summed E-state index contributed by atoms with van der Waals surface area (Å²) in [7, 11) is 0. The molecular formula is C11H17NO2S2. The maximum atomic E-state index is 11.3. The van der Waals surface area contributed by atoms with Crippen LogP contribution in [0.4, 0.5) is 0 Å². The van der Waals surface area contributed by atoms with Gasteiger partial charge in [-0.3, -0.25) is 9.59 Å². The van der Waals surface area contributed by atoms with E-state index in [1.807, 2.05) is 0 Å². The van der Waals surface area contributed by atoms with E-state index in [0.29, 0.717) is 12.8 Å². The molecule has 0 aromatic carbocycles. The van der Waals surface area contributed by atoms with Crippen LogP contribution in [0, 0.1) is 5.41 Å². The SMILES string of the molecule is CC(C)(C)CCC(=S)SN1C(=O)CCC1=O. The summed E-state index contributed by atoms with van der Waals surface area (Å²) < 4.78 is 1.93. The van der Waals surface area contributed by atoms with Gasteiger partial charge in [-0.05, 0) is 18.3 Å². The fourth-order valence-electron chi connectivity index (χ4n) is 1.28. The lowest BCUT2D eigenvalue weighted by molar-refractivity contribution is -0.131. The van der Waals surface area contributed by atoms with Gasteiger partial charge in [0.1, 0.15) is 0 Å². The minimum Gasteiger partial charge on any atom is -0.273 e. The molecule has 0 N–H and O–H groups in total. The van der Waals surface area contributed by atoms with E-state index in [2.05, 4.69) is 20.8 Å². The Morgan fingerprint density at radius 1 is 1.31 bits per heavy atom. The topological polar surface area (TPSA) is 37.4 Å². The van der Waals surface area contributed by atoms with Gasteiger partial charge in [0.15, 0.2) is 0 Å². The highest BCUT2D eigenvalue weighted by Crippen LogP contribution is 2.27. The van der Waals surface area contributed by atoms with Crippen molar-refractivity contribution in [3.05, 3.63) is 0 Å². The third kappa shape index (κ3) is 4.22. The largest absolute Gasteiger partial charge is 0.273 e. The lowest BCUT2D eigenvalue weighted by atomic mass is 9.91. The molecule has 2 amide bonds. The van der Waals surface area contributed by atoms with Gasteiger partial charge in [0.2, 0.25) is 11.8 Å². The van der Waals surface area contributed by atoms with Crippen LogP contribution >= 0.6 is 24.2 Å². The van der Waals surface area contributed by atoms with E-state index in [-0.39, 0.29) is 17.2 Å². The lowest BCUT2D eigenvalue weighted by Gasteiger charge is -2.19. The molecule has 1 aliphatic rings. The highest BCUT2D eigenvalue weighted by molar-refractivity contribution is 8.22. The molecule has 0 atom stereocenters. The lowest BCUT2D eigenvalue weighted by Crippen LogP contribution is -2.23. The van der Waals surface area contributed by atoms with Crippen LogP contribution in [0.5, 0.6) is 0 Å². The average Bonchev–Trinajstić information content (AvgIpc) is 2.45. The zero-order valence-electron chi connectivity index (χ0n) is 9.91. The van der Waals surface area contributed by atoms with Crippen molar-refractivity contribution >= 4 is 40.2 Å². The predicted octanol–water partition coefficient (Wildman–Crippen LogP) is 2.94. The third-order valence-electron chi connectivity index (χ3n) is 2.28. The smallest absolute Gasteiger partial charge is 0.240 e. The fourth-order valence-corrected chi connectivity index (χ4v) is 2.39. The molecule has 16 heavy (non-hydrogen) atoms. The van der Waals surface area contributed by atoms with Crippen molar-refractivity contribution in [1.82, 2.24) is 4.31 Å². The monoisotopic (exact) mass is 259 g/mol. The molecule has 0 bridgehead atoms. The molecule has 90 valence electrons. The van der Waals surface area contributed by atoms with Gasteiger partial charge in [-0.15, -0.1) is 0 Å². The first-order valence-electron chi connectivity index (χ1n) is 5.36. The van der Waals surface area contributed by atoms with E-state index in [9.17, 15) is 9.59 Å². The van der Waals surface area contributed by atoms with Crippen LogP contribution in [-0.2, 0) is 9.59 Å². The van der Waals surface area contributed by atoms with Gasteiger partial charge in [-0.1, -0.05) is 33.0 Å². The molecule has 0 saturated carbocycles. The van der Waals surface area contributed by atoms with Gasteiger partial charge >= 0.3 is 0 Å². The second-order valence-electron chi connectivity index (χ2n) is 5.11. The Hall–Kier alpha value is -0.420. The minimum atomic E-state index is -0.117. The van der Waals surface area contributed by atoms with Crippen LogP contribution in [-0.4, -0.2) is 20.3 Å². The van der Waals surface area contributed by atoms with Crippen LogP contribution in [0.2, 0.25) is 0 Å². The van der Waals surface area contributed by atoms with Crippen LogP contribution in [0.3, 0.4) is 0 Å². The van der Waals surface area contributed by atoms with Crippen molar-refractivity contribution in [2.75, 3.05) is 0 Å². The number of nitrogens with zero attached hydrogens (tertiary/aromatic N) is 1. The molecule has 1 fully saturated rings. The standard InChI is InChI=1S/C11H17NO2S2/c1-11(2,3)7-6-10(15)16-12-8(13)4-5-9(12)14/h4-7H2,1-3H3. The quantitative estimate of drug-likeness (QED) is 0.444. The number of rotatable bonds is 3. The van der Waals surface area contributed by atoms with E-state index in [1.165, 1.54) is 4.31 Å². The van der Waals surface area contributed by atoms with Crippen molar-refractivity contribution < 1.29 is 9.59 Å². The Morgan fingerprint density at radius 3 is 2.25 bits per heavy atom. The van der Waals surface area contributed by atoms with E-state index >= 15 is 0 Å². The van der Waals surface area contributed by atoms with Gasteiger partial charge in [-0.25, -0.2) is 4.31 Å². The highest BCUT2D eigenvalue weighted by atomic mass is 32.2. The molecule has 3 nitrogen and oxygen atoms in total. The summed E-state index contributed by atoms with van der Waals surface area (Å²) in [5, 5.41) is 0. The van der Waals surface area contributed by atoms with E-state index in [4.69, 9.17) is 12.2 Å². The van der Waals surface area contributed by atoms with Crippen LogP contribution in [0.25, 0.3) is 0 Å². The second kappa shape index (κ2) is 5.27. The zero-order valence-corrected chi connectivity index (χ0v) is 11.5. The number of hydrogen-bond acceptors (Lipinski definition) is 4. The maximum absolute atomic E-state index is 11.3. The molecule has 0 spiro atoms. The summed E-state index contributed by atoms with van der Waals surface area (Å²) in [5.41, 5.74) is 0.226. The van der Waals surface area contributed by atoms with Crippen molar-refractivity contribution in [3.63, 3.8) is 0 Å². The first-order chi connectivity index (χ1) is 7.29. The normalized spacial score (nSPS) is 17.1. The zero-order chi connectivity index (χ0) is 12.3. The Morgan fingerprint density at radius 2 is 1.81 bits per heavy atom. The van der Waals surface area contributed by atoms with Gasteiger partial charge in [0.25, 0.3) is 0 Å². The average molecular weight is 259 g/mol. The van der Waals surface area contributed by atoms with Crippen LogP contribution in [0.1, 0.15) is 46.5 Å². The second-order valence-corrected chi connectivity index (χ2v) is 6.90. The summed E-state index contributed by atoms with van der Waals surface area (Å²) in [6.45, 7) is 6.44. The van der Waals surface area contributed by atoms with Crippen molar-refractivity contribution in [1.29, 1.82) is 0 Å². The molecule has 0 aliphatic carbocycles. The van der Waals surface area contributed by atoms with Gasteiger partial charge < -0.3 is 0 Å². The highest BCUT2D eigenvalue weighted by Gasteiger charge is 2.30. The summed E-state index contributed by atoms with van der Waals surface area (Å²) in [5.74, 6) is -0.235. The predicted molar refractivity (Wildman–Crippen MR) is 70.0 cm³/mol. The first-order valence-corrected chi connectivity index (χ1v) is 6.54. The number of thiocarbonyl (C=S) groups is 1. The molecule has 5 heteroatoms. The van der Waals surface area contributed by atoms with Gasteiger partial charge in [0.05, 0.1) is 4.20 Å². The third-order valence-corrected chi connectivity index (χ3v) is 3.70. The maximum Gasteiger partial charge on any atom is 0.240 e. The summed E-state index contributed by atoms with van der Waals surface area (Å²) in [6, 6.07) is 0. The number of imide groups is 1. The van der Waals surface area contributed by atoms with Crippen molar-refractivity contribution in [3.8, 4) is 0 Å². The summed E-state index contributed by atoms with van der Waals surface area (Å²) in [6.07, 6.45) is 2.39. The molecule has 1 aliphatic heterocycles. The molecule has 0 aromatic rings. The molecule has 0 aromatic heterocycles. The van der Waals surface area contributed by atoms with Crippen LogP contribution < -0.4 is 0 Å². The summed E-state index contributed by atoms with van der Waals surface area (Å²) in [4.78, 5) is 22.7. The molecule has 0 radical (unpaired) electrons. The minimum absolute atomic E-state index is 0.117. The van der Waals surface area contributed by atoms with Gasteiger partial charge in [0, 0.05) is 24.8 Å². The Bertz CT molecular complexity index is 304. The number of hydrogen-bond donors (Lipinski definition) is 0. The number of amides is 2. The van der Waals surface area contributed by atoms with Gasteiger partial charge in [-0.2, -0.15) is 0 Å². The fraction of sp³-hybridized carbons (Fsp3) is 0.727. The molecule has 1 heterocycles. The Labute approximate surface area is 106 Å². The first kappa shape index (κ1) is 13.6. The van der Waals surface area contributed by atoms with E-state index < -0.39 is 0 Å². The molecular weight excluding hydrogens is 242 g/mol. The Kier molecular flexibility index (Phi) is 4.50. The van der Waals surface area contributed by atoms with Crippen LogP contribution in [0.15, 0.2) is 0 Å². The van der Waals surface area contributed by atoms with Crippen molar-refractivity contribution in [2.45, 2.75) is 46.5 Å². The summed E-state index contributed by atoms with van der Waals surface area (Å²) >= 11 is 6.31. The number of carbonyl (C=O) groups excluding carboxylic acids is 2. The molecule has 1 rings (SSSR count). The van der Waals surface area contributed by atoms with Crippen molar-refractivity contribution in [2.24, 2.45) is 5.41 Å². The van der Waals surface area contributed by atoms with E-state index in [0.717, 1.165) is 29.0 Å². The number of carbonyl (C=O) groups is 2.